The highest BCUT2D eigenvalue weighted by Crippen LogP contribution is 2.23. The topological polar surface area (TPSA) is 64.4 Å². The minimum atomic E-state index is -0.541. The SMILES string of the molecule is Cn1cncc1C(=O)N1CCC[C@@H]1C(=O)OC(C)(C)C. The number of nitrogens with zero attached hydrogens (tertiary/aromatic N) is 3. The molecule has 2 rings (SSSR count). The lowest BCUT2D eigenvalue weighted by Crippen LogP contribution is -2.44. The van der Waals surface area contributed by atoms with Crippen LogP contribution in [-0.2, 0) is 16.6 Å². The molecule has 0 spiro atoms. The predicted molar refractivity (Wildman–Crippen MR) is 73.1 cm³/mol. The van der Waals surface area contributed by atoms with Gasteiger partial charge in [0.1, 0.15) is 17.3 Å². The van der Waals surface area contributed by atoms with E-state index in [0.29, 0.717) is 18.7 Å². The number of imidazole rings is 1. The molecule has 20 heavy (non-hydrogen) atoms. The van der Waals surface area contributed by atoms with Gasteiger partial charge in [-0.15, -0.1) is 0 Å². The third-order valence-corrected chi connectivity index (χ3v) is 3.23. The van der Waals surface area contributed by atoms with Gasteiger partial charge in [-0.2, -0.15) is 0 Å². The molecule has 1 amide bonds. The number of hydrogen-bond donors (Lipinski definition) is 0. The molecule has 1 aliphatic rings. The van der Waals surface area contributed by atoms with Crippen LogP contribution in [0.4, 0.5) is 0 Å². The number of likely N-dealkylation sites (tertiary alicyclic amines) is 1. The molecule has 0 radical (unpaired) electrons. The molecule has 1 atom stereocenters. The van der Waals surface area contributed by atoms with Gasteiger partial charge in [-0.05, 0) is 33.6 Å². The first-order valence-electron chi connectivity index (χ1n) is 6.80. The summed E-state index contributed by atoms with van der Waals surface area (Å²) in [5.41, 5.74) is -0.0542. The number of esters is 1. The Hall–Kier alpha value is -1.85. The summed E-state index contributed by atoms with van der Waals surface area (Å²) in [4.78, 5) is 30.2. The second kappa shape index (κ2) is 5.26. The number of ether oxygens (including phenoxy) is 1. The third kappa shape index (κ3) is 3.00. The van der Waals surface area contributed by atoms with Crippen molar-refractivity contribution in [3.05, 3.63) is 18.2 Å². The lowest BCUT2D eigenvalue weighted by Gasteiger charge is -2.27. The first-order chi connectivity index (χ1) is 9.29. The number of rotatable bonds is 2. The fraction of sp³-hybridized carbons (Fsp3) is 0.643. The van der Waals surface area contributed by atoms with E-state index in [1.165, 1.54) is 6.20 Å². The predicted octanol–water partition coefficient (Wildman–Crippen LogP) is 1.37. The van der Waals surface area contributed by atoms with E-state index in [2.05, 4.69) is 4.98 Å². The van der Waals surface area contributed by atoms with Gasteiger partial charge in [0.25, 0.3) is 5.91 Å². The zero-order valence-corrected chi connectivity index (χ0v) is 12.4. The molecule has 2 heterocycles. The second-order valence-corrected chi connectivity index (χ2v) is 6.08. The highest BCUT2D eigenvalue weighted by Gasteiger charge is 2.37. The summed E-state index contributed by atoms with van der Waals surface area (Å²) in [7, 11) is 1.76. The van der Waals surface area contributed by atoms with Crippen LogP contribution in [0, 0.1) is 0 Å². The molecule has 0 saturated carbocycles. The Labute approximate surface area is 118 Å². The van der Waals surface area contributed by atoms with E-state index in [1.54, 1.807) is 22.8 Å². The fourth-order valence-electron chi connectivity index (χ4n) is 2.34. The number of aryl methyl sites for hydroxylation is 1. The Morgan fingerprint density at radius 1 is 1.40 bits per heavy atom. The maximum absolute atomic E-state index is 12.5. The second-order valence-electron chi connectivity index (χ2n) is 6.08. The monoisotopic (exact) mass is 279 g/mol. The summed E-state index contributed by atoms with van der Waals surface area (Å²) in [6, 6.07) is -0.489. The number of carbonyl (C=O) groups excluding carboxylic acids is 2. The van der Waals surface area contributed by atoms with Crippen LogP contribution in [0.2, 0.25) is 0 Å². The van der Waals surface area contributed by atoms with E-state index < -0.39 is 11.6 Å². The lowest BCUT2D eigenvalue weighted by atomic mass is 10.1. The maximum atomic E-state index is 12.5. The normalized spacial score (nSPS) is 19.2. The van der Waals surface area contributed by atoms with Gasteiger partial charge in [-0.3, -0.25) is 4.79 Å². The zero-order valence-electron chi connectivity index (χ0n) is 12.4. The average molecular weight is 279 g/mol. The van der Waals surface area contributed by atoms with Gasteiger partial charge in [0.15, 0.2) is 0 Å². The van der Waals surface area contributed by atoms with Crippen molar-refractivity contribution in [3.63, 3.8) is 0 Å². The number of carbonyl (C=O) groups is 2. The van der Waals surface area contributed by atoms with Crippen LogP contribution in [-0.4, -0.2) is 44.5 Å². The summed E-state index contributed by atoms with van der Waals surface area (Å²) in [6.45, 7) is 6.06. The van der Waals surface area contributed by atoms with E-state index in [9.17, 15) is 9.59 Å². The number of aromatic nitrogens is 2. The summed E-state index contributed by atoms with van der Waals surface area (Å²) in [5.74, 6) is -0.496. The molecule has 110 valence electrons. The van der Waals surface area contributed by atoms with Crippen LogP contribution in [0.3, 0.4) is 0 Å². The van der Waals surface area contributed by atoms with Crippen molar-refractivity contribution in [2.24, 2.45) is 7.05 Å². The first kappa shape index (κ1) is 14.6. The summed E-state index contributed by atoms with van der Waals surface area (Å²) in [6.07, 6.45) is 4.56. The Morgan fingerprint density at radius 3 is 2.65 bits per heavy atom. The molecule has 0 aliphatic carbocycles. The first-order valence-corrected chi connectivity index (χ1v) is 6.80. The van der Waals surface area contributed by atoms with E-state index in [-0.39, 0.29) is 11.9 Å². The van der Waals surface area contributed by atoms with Gasteiger partial charge in [-0.25, -0.2) is 9.78 Å². The molecule has 0 bridgehead atoms. The van der Waals surface area contributed by atoms with Crippen molar-refractivity contribution >= 4 is 11.9 Å². The number of hydrogen-bond acceptors (Lipinski definition) is 4. The number of amides is 1. The molecule has 1 aromatic rings. The molecule has 6 nitrogen and oxygen atoms in total. The van der Waals surface area contributed by atoms with Gasteiger partial charge in [0.05, 0.1) is 12.5 Å². The van der Waals surface area contributed by atoms with Crippen LogP contribution < -0.4 is 0 Å². The van der Waals surface area contributed by atoms with Crippen molar-refractivity contribution in [3.8, 4) is 0 Å². The van der Waals surface area contributed by atoms with Gasteiger partial charge in [0, 0.05) is 13.6 Å². The molecule has 1 aromatic heterocycles. The minimum absolute atomic E-state index is 0.168. The molecule has 1 fully saturated rings. The van der Waals surface area contributed by atoms with Gasteiger partial charge < -0.3 is 14.2 Å². The van der Waals surface area contributed by atoms with Crippen LogP contribution in [0.5, 0.6) is 0 Å². The Balaban J connectivity index is 2.13. The molecular weight excluding hydrogens is 258 g/mol. The summed E-state index contributed by atoms with van der Waals surface area (Å²) in [5, 5.41) is 0. The Morgan fingerprint density at radius 2 is 2.10 bits per heavy atom. The van der Waals surface area contributed by atoms with Crippen molar-refractivity contribution in [1.82, 2.24) is 14.5 Å². The van der Waals surface area contributed by atoms with Crippen LogP contribution in [0.15, 0.2) is 12.5 Å². The lowest BCUT2D eigenvalue weighted by molar-refractivity contribution is -0.159. The molecule has 1 saturated heterocycles. The van der Waals surface area contributed by atoms with Gasteiger partial charge in [0.2, 0.25) is 0 Å². The molecule has 0 N–H and O–H groups in total. The maximum Gasteiger partial charge on any atom is 0.329 e. The van der Waals surface area contributed by atoms with E-state index in [4.69, 9.17) is 4.74 Å². The standard InChI is InChI=1S/C14H21N3O3/c1-14(2,3)20-13(19)10-6-5-7-17(10)12(18)11-8-15-9-16(11)4/h8-10H,5-7H2,1-4H3/t10-/m1/s1. The van der Waals surface area contributed by atoms with E-state index in [0.717, 1.165) is 6.42 Å². The molecule has 0 unspecified atom stereocenters. The summed E-state index contributed by atoms with van der Waals surface area (Å²) >= 11 is 0. The molecule has 0 aromatic carbocycles. The van der Waals surface area contributed by atoms with Crippen molar-refractivity contribution < 1.29 is 14.3 Å². The van der Waals surface area contributed by atoms with Crippen molar-refractivity contribution in [1.29, 1.82) is 0 Å². The van der Waals surface area contributed by atoms with Crippen molar-refractivity contribution in [2.45, 2.75) is 45.3 Å². The highest BCUT2D eigenvalue weighted by atomic mass is 16.6. The average Bonchev–Trinajstić information content (AvgIpc) is 2.93. The van der Waals surface area contributed by atoms with Gasteiger partial charge >= 0.3 is 5.97 Å². The smallest absolute Gasteiger partial charge is 0.329 e. The highest BCUT2D eigenvalue weighted by molar-refractivity contribution is 5.95. The Kier molecular flexibility index (Phi) is 3.83. The van der Waals surface area contributed by atoms with Gasteiger partial charge in [-0.1, -0.05) is 0 Å². The summed E-state index contributed by atoms with van der Waals surface area (Å²) < 4.78 is 7.05. The third-order valence-electron chi connectivity index (χ3n) is 3.23. The quantitative estimate of drug-likeness (QED) is 0.767. The molecular formula is C14H21N3O3. The van der Waals surface area contributed by atoms with Crippen molar-refractivity contribution in [2.75, 3.05) is 6.54 Å². The fourth-order valence-corrected chi connectivity index (χ4v) is 2.34. The molecule has 6 heteroatoms. The van der Waals surface area contributed by atoms with E-state index in [1.807, 2.05) is 20.8 Å². The Bertz CT molecular complexity index is 516. The largest absolute Gasteiger partial charge is 0.458 e. The van der Waals surface area contributed by atoms with E-state index >= 15 is 0 Å². The van der Waals surface area contributed by atoms with Crippen LogP contribution >= 0.6 is 0 Å². The van der Waals surface area contributed by atoms with Crippen LogP contribution in [0.25, 0.3) is 0 Å². The van der Waals surface area contributed by atoms with Crippen LogP contribution in [0.1, 0.15) is 44.1 Å². The minimum Gasteiger partial charge on any atom is -0.458 e. The molecule has 1 aliphatic heterocycles. The zero-order chi connectivity index (χ0) is 14.9.